The van der Waals surface area contributed by atoms with Crippen molar-refractivity contribution < 1.29 is 4.79 Å². The minimum Gasteiger partial charge on any atom is -0.345 e. The molecular formula is C17H18ClN7O. The molecule has 3 aromatic rings. The van der Waals surface area contributed by atoms with Gasteiger partial charge < -0.3 is 4.90 Å². The van der Waals surface area contributed by atoms with E-state index in [1.54, 1.807) is 22.1 Å². The Morgan fingerprint density at radius 2 is 1.77 bits per heavy atom. The highest BCUT2D eigenvalue weighted by Crippen LogP contribution is 2.29. The predicted octanol–water partition coefficient (Wildman–Crippen LogP) is 1.90. The molecule has 0 radical (unpaired) electrons. The number of rotatable bonds is 5. The molecule has 1 aliphatic rings. The van der Waals surface area contributed by atoms with E-state index in [1.807, 2.05) is 24.3 Å². The monoisotopic (exact) mass is 371 g/mol. The van der Waals surface area contributed by atoms with Gasteiger partial charge in [-0.2, -0.15) is 15.0 Å². The van der Waals surface area contributed by atoms with Crippen molar-refractivity contribution in [3.8, 4) is 5.69 Å². The highest BCUT2D eigenvalue weighted by atomic mass is 35.5. The number of piperidine rings is 1. The topological polar surface area (TPSA) is 81.7 Å². The zero-order valence-corrected chi connectivity index (χ0v) is 14.8. The zero-order chi connectivity index (χ0) is 17.9. The van der Waals surface area contributed by atoms with E-state index in [0.29, 0.717) is 11.6 Å². The SMILES string of the molecule is O=CN1CCC(c2nnc(Cn3nccn3)n2-c2ccc(Cl)cc2)CC1. The van der Waals surface area contributed by atoms with E-state index in [0.717, 1.165) is 49.7 Å². The van der Waals surface area contributed by atoms with Crippen LogP contribution < -0.4 is 0 Å². The molecule has 0 bridgehead atoms. The Kier molecular flexibility index (Phi) is 4.66. The first kappa shape index (κ1) is 16.7. The Morgan fingerprint density at radius 3 is 2.42 bits per heavy atom. The number of hydrogen-bond donors (Lipinski definition) is 0. The van der Waals surface area contributed by atoms with Crippen LogP contribution in [0.25, 0.3) is 5.69 Å². The molecule has 0 atom stereocenters. The van der Waals surface area contributed by atoms with Gasteiger partial charge in [-0.15, -0.1) is 10.2 Å². The Labute approximate surface area is 155 Å². The molecule has 0 spiro atoms. The molecule has 2 aromatic heterocycles. The summed E-state index contributed by atoms with van der Waals surface area (Å²) in [6.45, 7) is 1.89. The average Bonchev–Trinajstić information content (AvgIpc) is 3.33. The summed E-state index contributed by atoms with van der Waals surface area (Å²) >= 11 is 6.05. The molecule has 1 fully saturated rings. The van der Waals surface area contributed by atoms with Gasteiger partial charge in [-0.05, 0) is 37.1 Å². The highest BCUT2D eigenvalue weighted by Gasteiger charge is 2.26. The number of amides is 1. The molecule has 26 heavy (non-hydrogen) atoms. The number of carbonyl (C=O) groups is 1. The van der Waals surface area contributed by atoms with Crippen molar-refractivity contribution in [2.75, 3.05) is 13.1 Å². The third-order valence-electron chi connectivity index (χ3n) is 4.63. The smallest absolute Gasteiger partial charge is 0.209 e. The first-order chi connectivity index (χ1) is 12.7. The number of aromatic nitrogens is 6. The quantitative estimate of drug-likeness (QED) is 0.640. The molecule has 9 heteroatoms. The van der Waals surface area contributed by atoms with Gasteiger partial charge in [0.2, 0.25) is 6.41 Å². The van der Waals surface area contributed by atoms with Crippen molar-refractivity contribution >= 4 is 18.0 Å². The molecule has 0 unspecified atom stereocenters. The van der Waals surface area contributed by atoms with Crippen molar-refractivity contribution in [3.05, 3.63) is 53.3 Å². The van der Waals surface area contributed by atoms with Crippen LogP contribution in [0.5, 0.6) is 0 Å². The lowest BCUT2D eigenvalue weighted by molar-refractivity contribution is -0.119. The van der Waals surface area contributed by atoms with Crippen LogP contribution in [0.3, 0.4) is 0 Å². The summed E-state index contributed by atoms with van der Waals surface area (Å²) in [5.74, 6) is 1.91. The van der Waals surface area contributed by atoms with Crippen LogP contribution >= 0.6 is 11.6 Å². The van der Waals surface area contributed by atoms with E-state index >= 15 is 0 Å². The van der Waals surface area contributed by atoms with Crippen LogP contribution in [0.2, 0.25) is 5.02 Å². The molecule has 0 N–H and O–H groups in total. The van der Waals surface area contributed by atoms with Crippen LogP contribution in [-0.2, 0) is 11.3 Å². The summed E-state index contributed by atoms with van der Waals surface area (Å²) in [6, 6.07) is 7.61. The van der Waals surface area contributed by atoms with Gasteiger partial charge in [0.1, 0.15) is 12.4 Å². The fourth-order valence-corrected chi connectivity index (χ4v) is 3.41. The van der Waals surface area contributed by atoms with Crippen molar-refractivity contribution in [2.45, 2.75) is 25.3 Å². The molecule has 1 saturated heterocycles. The normalized spacial score (nSPS) is 15.3. The molecule has 4 rings (SSSR count). The van der Waals surface area contributed by atoms with Gasteiger partial charge >= 0.3 is 0 Å². The minimum absolute atomic E-state index is 0.244. The Hall–Kier alpha value is -2.74. The predicted molar refractivity (Wildman–Crippen MR) is 95.1 cm³/mol. The first-order valence-electron chi connectivity index (χ1n) is 8.48. The summed E-state index contributed by atoms with van der Waals surface area (Å²) in [6.07, 6.45) is 5.92. The molecule has 0 saturated carbocycles. The fourth-order valence-electron chi connectivity index (χ4n) is 3.28. The molecule has 1 aromatic carbocycles. The fraction of sp³-hybridized carbons (Fsp3) is 0.353. The van der Waals surface area contributed by atoms with Crippen LogP contribution in [-0.4, -0.2) is 54.2 Å². The Morgan fingerprint density at radius 1 is 1.08 bits per heavy atom. The molecule has 3 heterocycles. The van der Waals surface area contributed by atoms with Gasteiger partial charge in [-0.25, -0.2) is 0 Å². The molecule has 1 aliphatic heterocycles. The molecule has 0 aliphatic carbocycles. The summed E-state index contributed by atoms with van der Waals surface area (Å²) < 4.78 is 2.06. The second kappa shape index (κ2) is 7.25. The van der Waals surface area contributed by atoms with Gasteiger partial charge in [0.15, 0.2) is 5.82 Å². The lowest BCUT2D eigenvalue weighted by atomic mass is 9.96. The number of benzene rings is 1. The van der Waals surface area contributed by atoms with Gasteiger partial charge in [0.25, 0.3) is 0 Å². The average molecular weight is 372 g/mol. The molecule has 8 nitrogen and oxygen atoms in total. The van der Waals surface area contributed by atoms with Gasteiger partial charge in [-0.3, -0.25) is 9.36 Å². The van der Waals surface area contributed by atoms with Crippen LogP contribution in [0, 0.1) is 0 Å². The van der Waals surface area contributed by atoms with Crippen molar-refractivity contribution in [3.63, 3.8) is 0 Å². The van der Waals surface area contributed by atoms with Crippen LogP contribution in [0.1, 0.15) is 30.4 Å². The third-order valence-corrected chi connectivity index (χ3v) is 4.89. The molecular weight excluding hydrogens is 354 g/mol. The Bertz CT molecular complexity index is 867. The minimum atomic E-state index is 0.244. The Balaban J connectivity index is 1.70. The van der Waals surface area contributed by atoms with E-state index in [4.69, 9.17) is 11.6 Å². The summed E-state index contributed by atoms with van der Waals surface area (Å²) in [5, 5.41) is 17.9. The lowest BCUT2D eigenvalue weighted by Gasteiger charge is -2.28. The summed E-state index contributed by atoms with van der Waals surface area (Å²) in [4.78, 5) is 14.3. The zero-order valence-electron chi connectivity index (χ0n) is 14.1. The van der Waals surface area contributed by atoms with E-state index in [2.05, 4.69) is 25.0 Å². The number of nitrogens with zero attached hydrogens (tertiary/aromatic N) is 7. The van der Waals surface area contributed by atoms with Crippen LogP contribution in [0.4, 0.5) is 0 Å². The second-order valence-corrected chi connectivity index (χ2v) is 6.70. The van der Waals surface area contributed by atoms with E-state index in [-0.39, 0.29) is 5.92 Å². The van der Waals surface area contributed by atoms with Gasteiger partial charge in [0, 0.05) is 29.7 Å². The second-order valence-electron chi connectivity index (χ2n) is 6.26. The van der Waals surface area contributed by atoms with Crippen molar-refractivity contribution in [2.24, 2.45) is 0 Å². The highest BCUT2D eigenvalue weighted by molar-refractivity contribution is 6.30. The maximum atomic E-state index is 11.0. The molecule has 134 valence electrons. The largest absolute Gasteiger partial charge is 0.345 e. The number of halogens is 1. The number of carbonyl (C=O) groups excluding carboxylic acids is 1. The maximum Gasteiger partial charge on any atom is 0.209 e. The van der Waals surface area contributed by atoms with Crippen LogP contribution in [0.15, 0.2) is 36.7 Å². The van der Waals surface area contributed by atoms with E-state index in [9.17, 15) is 4.79 Å². The van der Waals surface area contributed by atoms with Crippen molar-refractivity contribution in [1.82, 2.24) is 34.7 Å². The molecule has 1 amide bonds. The third kappa shape index (κ3) is 3.32. The maximum absolute atomic E-state index is 11.0. The lowest BCUT2D eigenvalue weighted by Crippen LogP contribution is -2.32. The van der Waals surface area contributed by atoms with Crippen molar-refractivity contribution in [1.29, 1.82) is 0 Å². The summed E-state index contributed by atoms with van der Waals surface area (Å²) in [7, 11) is 0. The number of likely N-dealkylation sites (tertiary alicyclic amines) is 1. The van der Waals surface area contributed by atoms with E-state index in [1.165, 1.54) is 0 Å². The number of hydrogen-bond acceptors (Lipinski definition) is 5. The first-order valence-corrected chi connectivity index (χ1v) is 8.86. The van der Waals surface area contributed by atoms with Gasteiger partial charge in [0.05, 0.1) is 12.4 Å². The summed E-state index contributed by atoms with van der Waals surface area (Å²) in [5.41, 5.74) is 0.953. The van der Waals surface area contributed by atoms with E-state index < -0.39 is 0 Å². The standard InChI is InChI=1S/C17H18ClN7O/c18-14-1-3-15(4-2-14)25-16(11-24-19-7-8-20-24)21-22-17(25)13-5-9-23(12-26)10-6-13/h1-4,7-8,12-13H,5-6,9-11H2. The van der Waals surface area contributed by atoms with Gasteiger partial charge in [-0.1, -0.05) is 11.6 Å².